The number of ether oxygens (including phenoxy) is 1. The molecule has 8 nitrogen and oxygen atoms in total. The summed E-state index contributed by atoms with van der Waals surface area (Å²) in [7, 11) is 0. The summed E-state index contributed by atoms with van der Waals surface area (Å²) in [6, 6.07) is 6.63. The first kappa shape index (κ1) is 19.2. The number of halogens is 1. The number of amides is 1. The first-order valence-electron chi connectivity index (χ1n) is 7.40. The second-order valence-corrected chi connectivity index (χ2v) is 5.93. The summed E-state index contributed by atoms with van der Waals surface area (Å²) in [6.45, 7) is 2.79. The maximum atomic E-state index is 12.0. The van der Waals surface area contributed by atoms with Crippen molar-refractivity contribution in [2.75, 3.05) is 11.9 Å². The summed E-state index contributed by atoms with van der Waals surface area (Å²) < 4.78 is 4.81. The molecule has 136 valence electrons. The molecule has 26 heavy (non-hydrogen) atoms. The fourth-order valence-electron chi connectivity index (χ4n) is 2.12. The van der Waals surface area contributed by atoms with E-state index >= 15 is 0 Å². The first-order chi connectivity index (χ1) is 12.2. The van der Waals surface area contributed by atoms with Crippen LogP contribution in [-0.2, 0) is 9.53 Å². The van der Waals surface area contributed by atoms with Gasteiger partial charge in [0, 0.05) is 11.1 Å². The third-order valence-corrected chi connectivity index (χ3v) is 3.83. The first-order valence-corrected chi connectivity index (χ1v) is 7.78. The number of phenolic OH excluding ortho intramolecular Hbond substituents is 1. The number of nitrogens with one attached hydrogen (secondary N) is 1. The molecular weight excluding hydrogens is 364 g/mol. The summed E-state index contributed by atoms with van der Waals surface area (Å²) >= 11 is 5.67. The third kappa shape index (κ3) is 4.48. The molecule has 0 aliphatic carbocycles. The molecule has 0 atom stereocenters. The molecule has 0 aliphatic rings. The van der Waals surface area contributed by atoms with Crippen LogP contribution in [0.3, 0.4) is 0 Å². The molecule has 1 amide bonds. The van der Waals surface area contributed by atoms with E-state index in [1.54, 1.807) is 13.8 Å². The van der Waals surface area contributed by atoms with Gasteiger partial charge < -0.3 is 15.2 Å². The molecule has 2 N–H and O–H groups in total. The van der Waals surface area contributed by atoms with Gasteiger partial charge in [-0.25, -0.2) is 4.79 Å². The van der Waals surface area contributed by atoms with Gasteiger partial charge in [-0.05, 0) is 49.2 Å². The van der Waals surface area contributed by atoms with Crippen molar-refractivity contribution in [2.24, 2.45) is 0 Å². The molecule has 0 heterocycles. The van der Waals surface area contributed by atoms with E-state index in [0.29, 0.717) is 5.56 Å². The zero-order valence-electron chi connectivity index (χ0n) is 13.9. The topological polar surface area (TPSA) is 119 Å². The highest BCUT2D eigenvalue weighted by molar-refractivity contribution is 6.30. The van der Waals surface area contributed by atoms with Gasteiger partial charge in [0.05, 0.1) is 4.92 Å². The molecule has 0 fully saturated rings. The van der Waals surface area contributed by atoms with Crippen LogP contribution in [-0.4, -0.2) is 28.5 Å². The van der Waals surface area contributed by atoms with Gasteiger partial charge in [-0.15, -0.1) is 0 Å². The second kappa shape index (κ2) is 7.83. The number of nitro benzene ring substituents is 1. The van der Waals surface area contributed by atoms with Gasteiger partial charge in [0.2, 0.25) is 0 Å². The Morgan fingerprint density at radius 3 is 2.50 bits per heavy atom. The van der Waals surface area contributed by atoms with Crippen LogP contribution >= 0.6 is 11.6 Å². The van der Waals surface area contributed by atoms with Crippen molar-refractivity contribution in [3.05, 3.63) is 62.2 Å². The molecule has 0 aliphatic heterocycles. The molecule has 0 saturated heterocycles. The van der Waals surface area contributed by atoms with Gasteiger partial charge >= 0.3 is 5.97 Å². The quantitative estimate of drug-likeness (QED) is 0.467. The predicted molar refractivity (Wildman–Crippen MR) is 94.6 cm³/mol. The summed E-state index contributed by atoms with van der Waals surface area (Å²) in [5.74, 6) is -2.06. The smallest absolute Gasteiger partial charge is 0.342 e. The average molecular weight is 379 g/mol. The SMILES string of the molecule is Cc1cc(NC(=O)COC(=O)c2ccc(Cl)cc2O)c([N+](=O)[O-])cc1C. The number of hydrogen-bond acceptors (Lipinski definition) is 6. The number of carbonyl (C=O) groups excluding carboxylic acids is 2. The molecule has 0 radical (unpaired) electrons. The molecule has 2 rings (SSSR count). The highest BCUT2D eigenvalue weighted by Crippen LogP contribution is 2.28. The maximum Gasteiger partial charge on any atom is 0.342 e. The van der Waals surface area contributed by atoms with Gasteiger partial charge in [-0.1, -0.05) is 11.6 Å². The van der Waals surface area contributed by atoms with Crippen LogP contribution in [0.4, 0.5) is 11.4 Å². The number of anilines is 1. The molecular formula is C17H15ClN2O6. The van der Waals surface area contributed by atoms with E-state index in [2.05, 4.69) is 5.32 Å². The van der Waals surface area contributed by atoms with Crippen molar-refractivity contribution in [3.8, 4) is 5.75 Å². The Morgan fingerprint density at radius 2 is 1.88 bits per heavy atom. The number of benzene rings is 2. The minimum Gasteiger partial charge on any atom is -0.507 e. The molecule has 9 heteroatoms. The van der Waals surface area contributed by atoms with E-state index in [-0.39, 0.29) is 27.7 Å². The monoisotopic (exact) mass is 378 g/mol. The van der Waals surface area contributed by atoms with Crippen molar-refractivity contribution < 1.29 is 24.4 Å². The molecule has 0 unspecified atom stereocenters. The standard InChI is InChI=1S/C17H15ClN2O6/c1-9-5-13(14(20(24)25)6-10(9)2)19-16(22)8-26-17(23)12-4-3-11(18)7-15(12)21/h3-7,21H,8H2,1-2H3,(H,19,22). The van der Waals surface area contributed by atoms with Gasteiger partial charge in [-0.3, -0.25) is 14.9 Å². The molecule has 0 bridgehead atoms. The Kier molecular flexibility index (Phi) is 5.78. The zero-order chi connectivity index (χ0) is 19.4. The van der Waals surface area contributed by atoms with Gasteiger partial charge in [-0.2, -0.15) is 0 Å². The Labute approximate surface area is 153 Å². The lowest BCUT2D eigenvalue weighted by atomic mass is 10.1. The Bertz CT molecular complexity index is 897. The lowest BCUT2D eigenvalue weighted by Gasteiger charge is -2.10. The fraction of sp³-hybridized carbons (Fsp3) is 0.176. The van der Waals surface area contributed by atoms with Crippen LogP contribution in [0.25, 0.3) is 0 Å². The van der Waals surface area contributed by atoms with Gasteiger partial charge in [0.15, 0.2) is 6.61 Å². The van der Waals surface area contributed by atoms with Gasteiger partial charge in [0.25, 0.3) is 11.6 Å². The van der Waals surface area contributed by atoms with E-state index in [1.165, 1.54) is 24.3 Å². The van der Waals surface area contributed by atoms with Crippen molar-refractivity contribution >= 4 is 34.9 Å². The Morgan fingerprint density at radius 1 is 1.23 bits per heavy atom. The number of nitro groups is 1. The number of phenols is 1. The van der Waals surface area contributed by atoms with Gasteiger partial charge in [0.1, 0.15) is 17.0 Å². The Balaban J connectivity index is 2.06. The number of esters is 1. The highest BCUT2D eigenvalue weighted by atomic mass is 35.5. The number of hydrogen-bond donors (Lipinski definition) is 2. The number of nitrogens with zero attached hydrogens (tertiary/aromatic N) is 1. The van der Waals surface area contributed by atoms with E-state index in [9.17, 15) is 24.8 Å². The molecule has 2 aromatic carbocycles. The Hall–Kier alpha value is -3.13. The van der Waals surface area contributed by atoms with E-state index in [0.717, 1.165) is 11.6 Å². The largest absolute Gasteiger partial charge is 0.507 e. The zero-order valence-corrected chi connectivity index (χ0v) is 14.7. The van der Waals surface area contributed by atoms with Crippen LogP contribution in [0.1, 0.15) is 21.5 Å². The molecule has 2 aromatic rings. The summed E-state index contributed by atoms with van der Waals surface area (Å²) in [5, 5.41) is 23.4. The van der Waals surface area contributed by atoms with Crippen LogP contribution in [0.15, 0.2) is 30.3 Å². The second-order valence-electron chi connectivity index (χ2n) is 5.50. The number of aromatic hydroxyl groups is 1. The normalized spacial score (nSPS) is 10.3. The van der Waals surface area contributed by atoms with Crippen LogP contribution in [0, 0.1) is 24.0 Å². The highest BCUT2D eigenvalue weighted by Gasteiger charge is 2.19. The van der Waals surface area contributed by atoms with Crippen LogP contribution < -0.4 is 5.32 Å². The van der Waals surface area contributed by atoms with E-state index in [4.69, 9.17) is 16.3 Å². The minimum atomic E-state index is -0.927. The summed E-state index contributed by atoms with van der Waals surface area (Å²) in [6.07, 6.45) is 0. The van der Waals surface area contributed by atoms with Crippen molar-refractivity contribution in [3.63, 3.8) is 0 Å². The third-order valence-electron chi connectivity index (χ3n) is 3.60. The summed E-state index contributed by atoms with van der Waals surface area (Å²) in [5.41, 5.74) is 1.06. The molecule has 0 spiro atoms. The van der Waals surface area contributed by atoms with Crippen molar-refractivity contribution in [1.82, 2.24) is 0 Å². The fourth-order valence-corrected chi connectivity index (χ4v) is 2.29. The lowest BCUT2D eigenvalue weighted by molar-refractivity contribution is -0.384. The average Bonchev–Trinajstić information content (AvgIpc) is 2.55. The lowest BCUT2D eigenvalue weighted by Crippen LogP contribution is -2.21. The maximum absolute atomic E-state index is 12.0. The van der Waals surface area contributed by atoms with Crippen molar-refractivity contribution in [2.45, 2.75) is 13.8 Å². The summed E-state index contributed by atoms with van der Waals surface area (Å²) in [4.78, 5) is 34.4. The van der Waals surface area contributed by atoms with Crippen LogP contribution in [0.2, 0.25) is 5.02 Å². The number of rotatable bonds is 5. The van der Waals surface area contributed by atoms with E-state index in [1.807, 2.05) is 0 Å². The number of aryl methyl sites for hydroxylation is 2. The number of carbonyl (C=O) groups is 2. The molecule has 0 aromatic heterocycles. The molecule has 0 saturated carbocycles. The minimum absolute atomic E-state index is 0.00786. The predicted octanol–water partition coefficient (Wildman–Crippen LogP) is 3.37. The van der Waals surface area contributed by atoms with Crippen molar-refractivity contribution in [1.29, 1.82) is 0 Å². The van der Waals surface area contributed by atoms with Crippen LogP contribution in [0.5, 0.6) is 5.75 Å². The van der Waals surface area contributed by atoms with E-state index < -0.39 is 23.4 Å².